The number of nitrogens with zero attached hydrogens (tertiary/aromatic N) is 3. The number of carbonyl (C=O) groups excluding carboxylic acids is 2. The molecule has 1 saturated heterocycles. The van der Waals surface area contributed by atoms with E-state index in [0.29, 0.717) is 16.6 Å². The van der Waals surface area contributed by atoms with E-state index in [1.54, 1.807) is 18.2 Å². The fourth-order valence-electron chi connectivity index (χ4n) is 2.47. The number of hydrogen-bond donors (Lipinski definition) is 2. The lowest BCUT2D eigenvalue weighted by Gasteiger charge is -2.26. The summed E-state index contributed by atoms with van der Waals surface area (Å²) in [6.07, 6.45) is 0.195. The van der Waals surface area contributed by atoms with Crippen molar-refractivity contribution in [1.82, 2.24) is 15.1 Å². The molecule has 8 heteroatoms. The summed E-state index contributed by atoms with van der Waals surface area (Å²) in [4.78, 5) is 35.8. The van der Waals surface area contributed by atoms with Gasteiger partial charge in [0.05, 0.1) is 5.69 Å². The van der Waals surface area contributed by atoms with Crippen LogP contribution < -0.4 is 10.2 Å². The van der Waals surface area contributed by atoms with Gasteiger partial charge in [0, 0.05) is 25.4 Å². The molecule has 0 spiro atoms. The highest BCUT2D eigenvalue weighted by Crippen LogP contribution is 2.29. The number of nitrogens with one attached hydrogen (secondary N) is 1. The zero-order valence-corrected chi connectivity index (χ0v) is 11.2. The number of aromatic carboxylic acids is 1. The minimum absolute atomic E-state index is 0.0559. The number of anilines is 1. The van der Waals surface area contributed by atoms with Crippen LogP contribution in [0.3, 0.4) is 0 Å². The van der Waals surface area contributed by atoms with Crippen LogP contribution in [-0.4, -0.2) is 39.3 Å². The predicted molar refractivity (Wildman–Crippen MR) is 73.2 cm³/mol. The van der Waals surface area contributed by atoms with Gasteiger partial charge in [0.1, 0.15) is 5.52 Å². The second-order valence-electron chi connectivity index (χ2n) is 4.71. The molecule has 0 radical (unpaired) electrons. The number of aromatic nitrogens is 2. The summed E-state index contributed by atoms with van der Waals surface area (Å²) in [6, 6.07) is 4.45. The first-order chi connectivity index (χ1) is 9.99. The Labute approximate surface area is 118 Å². The first-order valence-corrected chi connectivity index (χ1v) is 6.29. The minimum atomic E-state index is -1.09. The first-order valence-electron chi connectivity index (χ1n) is 6.29. The molecule has 2 N–H and O–H groups in total. The molecule has 108 valence electrons. The van der Waals surface area contributed by atoms with Gasteiger partial charge in [-0.3, -0.25) is 19.7 Å². The summed E-state index contributed by atoms with van der Waals surface area (Å²) >= 11 is 0. The Morgan fingerprint density at radius 1 is 1.38 bits per heavy atom. The standard InChI is InChI=1S/C13H12N4O4/c1-16-11(12(19)20)7-3-2-4-8(10(7)15-16)17-6-5-9(18)14-13(17)21/h2-4H,5-6H2,1H3,(H,19,20)(H,14,18,21). The molecule has 3 rings (SSSR count). The van der Waals surface area contributed by atoms with Crippen LogP contribution in [-0.2, 0) is 11.8 Å². The third kappa shape index (κ3) is 2.00. The molecule has 21 heavy (non-hydrogen) atoms. The first kappa shape index (κ1) is 13.1. The van der Waals surface area contributed by atoms with Crippen molar-refractivity contribution < 1.29 is 19.5 Å². The maximum atomic E-state index is 11.9. The van der Waals surface area contributed by atoms with Crippen molar-refractivity contribution in [3.63, 3.8) is 0 Å². The minimum Gasteiger partial charge on any atom is -0.477 e. The van der Waals surface area contributed by atoms with E-state index in [2.05, 4.69) is 10.4 Å². The third-order valence-corrected chi connectivity index (χ3v) is 3.39. The molecule has 0 aliphatic carbocycles. The highest BCUT2D eigenvalue weighted by atomic mass is 16.4. The molecule has 0 atom stereocenters. The Morgan fingerprint density at radius 2 is 2.14 bits per heavy atom. The third-order valence-electron chi connectivity index (χ3n) is 3.39. The smallest absolute Gasteiger partial charge is 0.354 e. The Morgan fingerprint density at radius 3 is 2.81 bits per heavy atom. The zero-order chi connectivity index (χ0) is 15.1. The molecule has 0 bridgehead atoms. The molecular formula is C13H12N4O4. The van der Waals surface area contributed by atoms with E-state index in [1.165, 1.54) is 16.6 Å². The van der Waals surface area contributed by atoms with Crippen LogP contribution in [0.5, 0.6) is 0 Å². The number of aryl methyl sites for hydroxylation is 1. The number of carboxylic acid groups (broad SMARTS) is 1. The average molecular weight is 288 g/mol. The molecule has 1 aliphatic heterocycles. The maximum absolute atomic E-state index is 11.9. The second-order valence-corrected chi connectivity index (χ2v) is 4.71. The number of carbonyl (C=O) groups is 3. The topological polar surface area (TPSA) is 105 Å². The summed E-state index contributed by atoms with van der Waals surface area (Å²) < 4.78 is 1.27. The van der Waals surface area contributed by atoms with Gasteiger partial charge < -0.3 is 5.11 Å². The van der Waals surface area contributed by atoms with E-state index >= 15 is 0 Å². The molecule has 2 aromatic rings. The molecular weight excluding hydrogens is 276 g/mol. The van der Waals surface area contributed by atoms with Crippen molar-refractivity contribution in [1.29, 1.82) is 0 Å². The Bertz CT molecular complexity index is 780. The van der Waals surface area contributed by atoms with E-state index in [9.17, 15) is 19.5 Å². The zero-order valence-electron chi connectivity index (χ0n) is 11.2. The van der Waals surface area contributed by atoms with Gasteiger partial charge in [0.2, 0.25) is 5.91 Å². The molecule has 0 unspecified atom stereocenters. The lowest BCUT2D eigenvalue weighted by molar-refractivity contribution is -0.120. The number of hydrogen-bond acceptors (Lipinski definition) is 4. The summed E-state index contributed by atoms with van der Waals surface area (Å²) in [5.74, 6) is -1.41. The van der Waals surface area contributed by atoms with E-state index in [1.807, 2.05) is 0 Å². The predicted octanol–water partition coefficient (Wildman–Crippen LogP) is 0.718. The largest absolute Gasteiger partial charge is 0.477 e. The number of benzene rings is 1. The van der Waals surface area contributed by atoms with E-state index in [4.69, 9.17) is 0 Å². The van der Waals surface area contributed by atoms with Crippen molar-refractivity contribution in [2.45, 2.75) is 6.42 Å². The van der Waals surface area contributed by atoms with Crippen LogP contribution in [0.1, 0.15) is 16.9 Å². The van der Waals surface area contributed by atoms with E-state index < -0.39 is 12.0 Å². The number of carboxylic acids is 1. The van der Waals surface area contributed by atoms with Crippen LogP contribution in [0, 0.1) is 0 Å². The van der Waals surface area contributed by atoms with Crippen molar-refractivity contribution in [2.24, 2.45) is 7.05 Å². The van der Waals surface area contributed by atoms with Gasteiger partial charge in [-0.25, -0.2) is 9.59 Å². The number of imide groups is 1. The van der Waals surface area contributed by atoms with Crippen LogP contribution in [0.4, 0.5) is 10.5 Å². The summed E-state index contributed by atoms with van der Waals surface area (Å²) in [6.45, 7) is 0.239. The molecule has 2 heterocycles. The van der Waals surface area contributed by atoms with E-state index in [-0.39, 0.29) is 24.6 Å². The van der Waals surface area contributed by atoms with Crippen LogP contribution in [0.2, 0.25) is 0 Å². The molecule has 3 amide bonds. The Hall–Kier alpha value is -2.90. The summed E-state index contributed by atoms with van der Waals surface area (Å²) in [7, 11) is 1.53. The van der Waals surface area contributed by atoms with Crippen molar-refractivity contribution in [2.75, 3.05) is 11.4 Å². The van der Waals surface area contributed by atoms with Gasteiger partial charge in [-0.2, -0.15) is 5.10 Å². The fraction of sp³-hybridized carbons (Fsp3) is 0.231. The second kappa shape index (κ2) is 4.58. The van der Waals surface area contributed by atoms with Gasteiger partial charge in [-0.05, 0) is 6.07 Å². The van der Waals surface area contributed by atoms with Crippen LogP contribution >= 0.6 is 0 Å². The quantitative estimate of drug-likeness (QED) is 0.847. The highest BCUT2D eigenvalue weighted by Gasteiger charge is 2.27. The number of urea groups is 1. The monoisotopic (exact) mass is 288 g/mol. The van der Waals surface area contributed by atoms with Crippen LogP contribution in [0.25, 0.3) is 10.9 Å². The van der Waals surface area contributed by atoms with Gasteiger partial charge >= 0.3 is 12.0 Å². The van der Waals surface area contributed by atoms with Crippen molar-refractivity contribution >= 4 is 34.5 Å². The molecule has 1 aliphatic rings. The fourth-order valence-corrected chi connectivity index (χ4v) is 2.47. The normalized spacial score (nSPS) is 15.4. The molecule has 8 nitrogen and oxygen atoms in total. The highest BCUT2D eigenvalue weighted by molar-refractivity contribution is 6.11. The van der Waals surface area contributed by atoms with Crippen LogP contribution in [0.15, 0.2) is 18.2 Å². The number of fused-ring (bicyclic) bond motifs is 1. The number of rotatable bonds is 2. The van der Waals surface area contributed by atoms with Gasteiger partial charge in [0.15, 0.2) is 5.69 Å². The number of amides is 3. The molecule has 0 saturated carbocycles. The summed E-state index contributed by atoms with van der Waals surface area (Å²) in [5, 5.41) is 16.1. The Balaban J connectivity index is 2.16. The maximum Gasteiger partial charge on any atom is 0.354 e. The SMILES string of the molecule is Cn1nc2c(N3CCC(=O)NC3=O)cccc2c1C(=O)O. The van der Waals surface area contributed by atoms with Crippen molar-refractivity contribution in [3.05, 3.63) is 23.9 Å². The Kier molecular flexibility index (Phi) is 2.86. The van der Waals surface area contributed by atoms with Crippen molar-refractivity contribution in [3.8, 4) is 0 Å². The summed E-state index contributed by atoms with van der Waals surface area (Å²) in [5.41, 5.74) is 0.961. The average Bonchev–Trinajstić information content (AvgIpc) is 2.75. The van der Waals surface area contributed by atoms with Gasteiger partial charge in [-0.15, -0.1) is 0 Å². The molecule has 1 aromatic heterocycles. The lowest BCUT2D eigenvalue weighted by atomic mass is 10.1. The van der Waals surface area contributed by atoms with Gasteiger partial charge in [0.25, 0.3) is 0 Å². The van der Waals surface area contributed by atoms with Gasteiger partial charge in [-0.1, -0.05) is 12.1 Å². The van der Waals surface area contributed by atoms with E-state index in [0.717, 1.165) is 0 Å². The molecule has 1 fully saturated rings. The molecule has 1 aromatic carbocycles. The lowest BCUT2D eigenvalue weighted by Crippen LogP contribution is -2.49.